The van der Waals surface area contributed by atoms with Gasteiger partial charge < -0.3 is 14.6 Å². The fraction of sp³-hybridized carbons (Fsp3) is 0.0882. The predicted molar refractivity (Wildman–Crippen MR) is 159 cm³/mol. The molecule has 0 spiro atoms. The summed E-state index contributed by atoms with van der Waals surface area (Å²) >= 11 is 0. The predicted octanol–water partition coefficient (Wildman–Crippen LogP) is 7.06. The number of carbonyl (C=O) groups is 1. The number of carbonyl (C=O) groups excluding carboxylic acids is 1. The Morgan fingerprint density at radius 2 is 1.28 bits per heavy atom. The zero-order valence-electron chi connectivity index (χ0n) is 21.5. The Kier molecular flexibility index (Phi) is 6.42. The Bertz CT molecular complexity index is 1680. The molecule has 5 heteroatoms. The van der Waals surface area contributed by atoms with Crippen molar-refractivity contribution in [2.45, 2.75) is 11.2 Å². The number of hydrogen-bond donors (Lipinski definition) is 1. The minimum absolute atomic E-state index is 0.491. The number of ether oxygens (including phenoxy) is 1. The van der Waals surface area contributed by atoms with E-state index in [-0.39, 0.29) is 0 Å². The van der Waals surface area contributed by atoms with Crippen LogP contribution in [0.5, 0.6) is 0 Å². The van der Waals surface area contributed by atoms with E-state index in [1.54, 1.807) is 0 Å². The maximum Gasteiger partial charge on any atom is 0.407 e. The number of methoxy groups -OCH3 is 1. The van der Waals surface area contributed by atoms with Gasteiger partial charge in [0.25, 0.3) is 0 Å². The van der Waals surface area contributed by atoms with E-state index in [0.717, 1.165) is 27.5 Å². The summed E-state index contributed by atoms with van der Waals surface area (Å²) in [5.74, 6) is -0.491. The van der Waals surface area contributed by atoms with Crippen molar-refractivity contribution in [2.75, 3.05) is 7.11 Å². The lowest BCUT2D eigenvalue weighted by atomic mass is 9.77. The third-order valence-corrected chi connectivity index (χ3v) is 11.3. The van der Waals surface area contributed by atoms with Crippen molar-refractivity contribution in [3.05, 3.63) is 150 Å². The van der Waals surface area contributed by atoms with Crippen LogP contribution < -0.4 is 15.9 Å². The molecule has 39 heavy (non-hydrogen) atoms. The highest BCUT2D eigenvalue weighted by atomic mass is 31.2. The molecule has 0 aromatic heterocycles. The molecule has 1 N–H and O–H groups in total. The molecule has 0 saturated carbocycles. The first-order valence-electron chi connectivity index (χ1n) is 12.9. The van der Waals surface area contributed by atoms with Crippen molar-refractivity contribution >= 4 is 40.7 Å². The summed E-state index contributed by atoms with van der Waals surface area (Å²) in [7, 11) is -2.31. The molecule has 0 radical (unpaired) electrons. The van der Waals surface area contributed by atoms with Crippen LogP contribution in [0.3, 0.4) is 0 Å². The first kappa shape index (κ1) is 24.9. The van der Waals surface area contributed by atoms with E-state index in [1.165, 1.54) is 7.11 Å². The summed E-state index contributed by atoms with van der Waals surface area (Å²) < 4.78 is 21.4. The fourth-order valence-electron chi connectivity index (χ4n) is 5.93. The second-order valence-electron chi connectivity index (χ2n) is 9.69. The normalized spacial score (nSPS) is 18.3. The van der Waals surface area contributed by atoms with Crippen molar-refractivity contribution in [2.24, 2.45) is 0 Å². The van der Waals surface area contributed by atoms with Crippen LogP contribution in [0, 0.1) is 0 Å². The Morgan fingerprint density at radius 3 is 1.97 bits per heavy atom. The van der Waals surface area contributed by atoms with Gasteiger partial charge >= 0.3 is 6.09 Å². The zero-order chi connectivity index (χ0) is 26.9. The molecule has 6 rings (SSSR count). The van der Waals surface area contributed by atoms with Crippen LogP contribution in [0.1, 0.15) is 22.6 Å². The molecule has 1 aliphatic rings. The van der Waals surface area contributed by atoms with Gasteiger partial charge in [-0.1, -0.05) is 133 Å². The molecule has 1 aliphatic carbocycles. The van der Waals surface area contributed by atoms with Gasteiger partial charge in [0.05, 0.1) is 7.11 Å². The van der Waals surface area contributed by atoms with E-state index in [4.69, 9.17) is 4.74 Å². The zero-order valence-corrected chi connectivity index (χ0v) is 22.4. The van der Waals surface area contributed by atoms with Gasteiger partial charge in [0.2, 0.25) is 0 Å². The third kappa shape index (κ3) is 4.00. The standard InChI is InChI=1S/C34H28NO3P/c1-38-33(36)35-34(39(37,27-16-4-2-5-17-27)28-18-6-3-7-19-28)24-23-26-14-9-11-21-30(26)32(34)31-22-12-15-25-13-8-10-20-29(25)31/h2-24,32H,1H3,(H,35,36). The number of alkyl carbamates (subject to hydrolysis) is 1. The highest BCUT2D eigenvalue weighted by molar-refractivity contribution is 7.80. The lowest BCUT2D eigenvalue weighted by molar-refractivity contribution is 0.165. The molecule has 5 aromatic carbocycles. The van der Waals surface area contributed by atoms with E-state index in [1.807, 2.05) is 103 Å². The number of amides is 1. The number of fused-ring (bicyclic) bond motifs is 2. The van der Waals surface area contributed by atoms with Gasteiger partial charge in [-0.3, -0.25) is 0 Å². The van der Waals surface area contributed by atoms with E-state index in [9.17, 15) is 4.79 Å². The summed E-state index contributed by atoms with van der Waals surface area (Å²) in [6, 6.07) is 41.5. The van der Waals surface area contributed by atoms with Gasteiger partial charge in [0, 0.05) is 16.5 Å². The molecule has 0 aliphatic heterocycles. The SMILES string of the molecule is COC(=O)NC1(P(=O)(c2ccccc2)c2ccccc2)C=Cc2ccccc2C1c1cccc2ccccc12. The number of rotatable bonds is 5. The van der Waals surface area contributed by atoms with E-state index in [0.29, 0.717) is 10.6 Å². The monoisotopic (exact) mass is 529 g/mol. The molecule has 2 atom stereocenters. The Labute approximate surface area is 228 Å². The minimum Gasteiger partial charge on any atom is -0.453 e. The van der Waals surface area contributed by atoms with Crippen LogP contribution in [0.25, 0.3) is 16.8 Å². The van der Waals surface area contributed by atoms with Crippen LogP contribution in [-0.4, -0.2) is 18.5 Å². The van der Waals surface area contributed by atoms with Gasteiger partial charge in [0.15, 0.2) is 7.14 Å². The minimum atomic E-state index is -3.65. The third-order valence-electron chi connectivity index (χ3n) is 7.65. The van der Waals surface area contributed by atoms with Crippen LogP contribution in [0.15, 0.2) is 133 Å². The average Bonchev–Trinajstić information content (AvgIpc) is 3.01. The van der Waals surface area contributed by atoms with Crippen molar-refractivity contribution < 1.29 is 14.1 Å². The topological polar surface area (TPSA) is 55.4 Å². The first-order valence-corrected chi connectivity index (χ1v) is 14.6. The lowest BCUT2D eigenvalue weighted by Crippen LogP contribution is -2.56. The number of nitrogens with one attached hydrogen (secondary N) is 1. The van der Waals surface area contributed by atoms with Gasteiger partial charge in [-0.15, -0.1) is 0 Å². The van der Waals surface area contributed by atoms with Crippen LogP contribution in [-0.2, 0) is 9.30 Å². The van der Waals surface area contributed by atoms with E-state index >= 15 is 4.57 Å². The molecule has 5 aromatic rings. The van der Waals surface area contributed by atoms with Crippen molar-refractivity contribution in [3.8, 4) is 0 Å². The summed E-state index contributed by atoms with van der Waals surface area (Å²) in [6.07, 6.45) is 3.27. The largest absolute Gasteiger partial charge is 0.453 e. The summed E-state index contributed by atoms with van der Waals surface area (Å²) in [4.78, 5) is 13.3. The summed E-state index contributed by atoms with van der Waals surface area (Å²) in [5.41, 5.74) is 2.98. The van der Waals surface area contributed by atoms with Crippen LogP contribution in [0.4, 0.5) is 4.79 Å². The molecule has 0 saturated heterocycles. The highest BCUT2D eigenvalue weighted by Crippen LogP contribution is 2.64. The second kappa shape index (κ2) is 10.1. The summed E-state index contributed by atoms with van der Waals surface area (Å²) in [6.45, 7) is 0. The van der Waals surface area contributed by atoms with Crippen molar-refractivity contribution in [1.82, 2.24) is 5.32 Å². The number of hydrogen-bond acceptors (Lipinski definition) is 3. The van der Waals surface area contributed by atoms with E-state index < -0.39 is 24.4 Å². The Hall–Kier alpha value is -4.40. The molecular formula is C34H28NO3P. The smallest absolute Gasteiger partial charge is 0.407 e. The molecule has 0 bridgehead atoms. The lowest BCUT2D eigenvalue weighted by Gasteiger charge is -2.47. The quantitative estimate of drug-likeness (QED) is 0.248. The van der Waals surface area contributed by atoms with Gasteiger partial charge in [-0.25, -0.2) is 4.79 Å². The van der Waals surface area contributed by atoms with Crippen LogP contribution >= 0.6 is 7.14 Å². The van der Waals surface area contributed by atoms with Gasteiger partial charge in [0.1, 0.15) is 5.28 Å². The molecule has 0 heterocycles. The molecule has 1 amide bonds. The average molecular weight is 530 g/mol. The van der Waals surface area contributed by atoms with Gasteiger partial charge in [-0.05, 0) is 33.5 Å². The fourth-order valence-corrected chi connectivity index (χ4v) is 9.44. The summed E-state index contributed by atoms with van der Waals surface area (Å²) in [5, 5.41) is 5.21. The highest BCUT2D eigenvalue weighted by Gasteiger charge is 2.57. The maximum absolute atomic E-state index is 16.2. The van der Waals surface area contributed by atoms with Crippen molar-refractivity contribution in [3.63, 3.8) is 0 Å². The van der Waals surface area contributed by atoms with E-state index in [2.05, 4.69) is 41.7 Å². The molecule has 0 fully saturated rings. The number of benzene rings is 5. The Morgan fingerprint density at radius 1 is 0.718 bits per heavy atom. The molecule has 4 nitrogen and oxygen atoms in total. The van der Waals surface area contributed by atoms with Gasteiger partial charge in [-0.2, -0.15) is 0 Å². The molecular weight excluding hydrogens is 501 g/mol. The van der Waals surface area contributed by atoms with Crippen LogP contribution in [0.2, 0.25) is 0 Å². The Balaban J connectivity index is 1.77. The van der Waals surface area contributed by atoms with Crippen molar-refractivity contribution in [1.29, 1.82) is 0 Å². The molecule has 2 unspecified atom stereocenters. The molecule has 192 valence electrons. The maximum atomic E-state index is 16.2. The first-order chi connectivity index (χ1) is 19.1. The second-order valence-corrected chi connectivity index (χ2v) is 12.7.